The van der Waals surface area contributed by atoms with Crippen molar-refractivity contribution in [2.45, 2.75) is 45.1 Å². The summed E-state index contributed by atoms with van der Waals surface area (Å²) in [5, 5.41) is 4.00. The first-order valence-electron chi connectivity index (χ1n) is 11.0. The minimum atomic E-state index is -0.132. The molecule has 29 heavy (non-hydrogen) atoms. The number of fused-ring (bicyclic) bond motifs is 2. The molecule has 3 saturated heterocycles. The number of piperidine rings is 1. The number of hydrogen-bond donors (Lipinski definition) is 1. The van der Waals surface area contributed by atoms with Crippen LogP contribution in [0.5, 0.6) is 0 Å². The monoisotopic (exact) mass is 417 g/mol. The Labute approximate surface area is 178 Å². The van der Waals surface area contributed by atoms with E-state index in [-0.39, 0.29) is 23.3 Å². The summed E-state index contributed by atoms with van der Waals surface area (Å²) in [7, 11) is 0. The van der Waals surface area contributed by atoms with Crippen LogP contribution in [-0.4, -0.2) is 59.9 Å². The average Bonchev–Trinajstić information content (AvgIpc) is 3.23. The van der Waals surface area contributed by atoms with Gasteiger partial charge < -0.3 is 15.1 Å². The lowest BCUT2D eigenvalue weighted by Crippen LogP contribution is -2.56. The summed E-state index contributed by atoms with van der Waals surface area (Å²) in [6, 6.07) is 7.54. The van der Waals surface area contributed by atoms with E-state index in [9.17, 15) is 9.59 Å². The highest BCUT2D eigenvalue weighted by Crippen LogP contribution is 2.44. The molecule has 1 aromatic rings. The number of carbonyl (C=O) groups is 2. The number of rotatable bonds is 5. The first-order chi connectivity index (χ1) is 13.9. The van der Waals surface area contributed by atoms with Crippen LogP contribution in [0.25, 0.3) is 0 Å². The van der Waals surface area contributed by atoms with Crippen molar-refractivity contribution < 1.29 is 9.59 Å². The fourth-order valence-corrected chi connectivity index (χ4v) is 5.63. The molecule has 0 aromatic heterocycles. The smallest absolute Gasteiger partial charge is 0.227 e. The molecule has 3 aliphatic heterocycles. The summed E-state index contributed by atoms with van der Waals surface area (Å²) in [5.74, 6) is 1.50. The molecular formula is C23H32ClN3O2. The number of benzene rings is 1. The number of halogens is 1. The molecule has 1 aromatic carbocycles. The van der Waals surface area contributed by atoms with Gasteiger partial charge in [0, 0.05) is 49.2 Å². The number of nitrogens with zero attached hydrogens (tertiary/aromatic N) is 2. The minimum absolute atomic E-state index is 0.115. The number of amides is 2. The zero-order valence-corrected chi connectivity index (χ0v) is 18.3. The molecule has 5 nitrogen and oxygen atoms in total. The van der Waals surface area contributed by atoms with Crippen LogP contribution >= 0.6 is 11.6 Å². The molecule has 1 spiro atoms. The second kappa shape index (κ2) is 8.27. The summed E-state index contributed by atoms with van der Waals surface area (Å²) >= 11 is 6.22. The summed E-state index contributed by atoms with van der Waals surface area (Å²) in [6.07, 6.45) is 3.22. The van der Waals surface area contributed by atoms with Crippen molar-refractivity contribution in [1.82, 2.24) is 15.1 Å². The van der Waals surface area contributed by atoms with Crippen LogP contribution in [0.4, 0.5) is 0 Å². The van der Waals surface area contributed by atoms with Crippen molar-refractivity contribution in [2.75, 3.05) is 32.7 Å². The Kier molecular flexibility index (Phi) is 5.90. The Morgan fingerprint density at radius 3 is 2.69 bits per heavy atom. The van der Waals surface area contributed by atoms with Crippen molar-refractivity contribution in [3.05, 3.63) is 34.9 Å². The van der Waals surface area contributed by atoms with Crippen LogP contribution in [0.1, 0.15) is 38.7 Å². The third-order valence-electron chi connectivity index (χ3n) is 7.39. The van der Waals surface area contributed by atoms with Crippen molar-refractivity contribution >= 4 is 23.4 Å². The standard InChI is InChI=1S/C23H32ClN3O2/c1-3-16(2)13-26-14-18-19(15-26)23(25-22(18)29)8-10-27(11-9-23)21(28)12-17-6-4-5-7-20(17)24/h4-7,16,18-19H,3,8-15H2,1-2H3,(H,25,29)/t16-,18-,19+/m1/s1. The molecule has 3 heterocycles. The highest BCUT2D eigenvalue weighted by atomic mass is 35.5. The Bertz CT molecular complexity index is 775. The van der Waals surface area contributed by atoms with E-state index in [2.05, 4.69) is 24.1 Å². The molecule has 0 aliphatic carbocycles. The maximum absolute atomic E-state index is 12.8. The normalized spacial score (nSPS) is 27.1. The highest BCUT2D eigenvalue weighted by Gasteiger charge is 2.57. The Morgan fingerprint density at radius 1 is 1.28 bits per heavy atom. The van der Waals surface area contributed by atoms with Crippen LogP contribution in [0.3, 0.4) is 0 Å². The first-order valence-corrected chi connectivity index (χ1v) is 11.3. The van der Waals surface area contributed by atoms with Gasteiger partial charge in [-0.25, -0.2) is 0 Å². The Balaban J connectivity index is 1.37. The minimum Gasteiger partial charge on any atom is -0.350 e. The van der Waals surface area contributed by atoms with Gasteiger partial charge in [0.25, 0.3) is 0 Å². The molecule has 3 atom stereocenters. The van der Waals surface area contributed by atoms with E-state index in [1.165, 1.54) is 6.42 Å². The summed E-state index contributed by atoms with van der Waals surface area (Å²) < 4.78 is 0. The summed E-state index contributed by atoms with van der Waals surface area (Å²) in [4.78, 5) is 29.9. The SMILES string of the molecule is CC[C@@H](C)CN1C[C@H]2C(=O)NC3(CCN(C(=O)Cc4ccccc4Cl)CC3)[C@H]2C1. The topological polar surface area (TPSA) is 52.7 Å². The molecular weight excluding hydrogens is 386 g/mol. The number of hydrogen-bond acceptors (Lipinski definition) is 3. The van der Waals surface area contributed by atoms with E-state index < -0.39 is 0 Å². The van der Waals surface area contributed by atoms with Gasteiger partial charge in [-0.2, -0.15) is 0 Å². The third kappa shape index (κ3) is 4.04. The molecule has 0 saturated carbocycles. The van der Waals surface area contributed by atoms with Crippen molar-refractivity contribution in [3.8, 4) is 0 Å². The van der Waals surface area contributed by atoms with Gasteiger partial charge in [0.15, 0.2) is 0 Å². The van der Waals surface area contributed by atoms with Gasteiger partial charge in [0.05, 0.1) is 12.3 Å². The fraction of sp³-hybridized carbons (Fsp3) is 0.652. The van der Waals surface area contributed by atoms with Crippen LogP contribution in [0.15, 0.2) is 24.3 Å². The van der Waals surface area contributed by atoms with E-state index >= 15 is 0 Å². The van der Waals surface area contributed by atoms with Crippen LogP contribution < -0.4 is 5.32 Å². The number of likely N-dealkylation sites (tertiary alicyclic amines) is 2. The molecule has 158 valence electrons. The zero-order chi connectivity index (χ0) is 20.6. The molecule has 0 bridgehead atoms. The van der Waals surface area contributed by atoms with E-state index in [0.29, 0.717) is 36.4 Å². The third-order valence-corrected chi connectivity index (χ3v) is 7.76. The predicted molar refractivity (Wildman–Crippen MR) is 115 cm³/mol. The van der Waals surface area contributed by atoms with Gasteiger partial charge in [-0.05, 0) is 30.4 Å². The molecule has 1 N–H and O–H groups in total. The molecule has 3 fully saturated rings. The van der Waals surface area contributed by atoms with Crippen LogP contribution in [-0.2, 0) is 16.0 Å². The molecule has 0 unspecified atom stereocenters. The average molecular weight is 418 g/mol. The molecule has 0 radical (unpaired) electrons. The first kappa shape index (κ1) is 20.7. The van der Waals surface area contributed by atoms with E-state index in [1.807, 2.05) is 29.2 Å². The van der Waals surface area contributed by atoms with Gasteiger partial charge in [-0.3, -0.25) is 9.59 Å². The highest BCUT2D eigenvalue weighted by molar-refractivity contribution is 6.31. The summed E-state index contributed by atoms with van der Waals surface area (Å²) in [5.41, 5.74) is 0.748. The van der Waals surface area contributed by atoms with Gasteiger partial charge in [0.1, 0.15) is 0 Å². The van der Waals surface area contributed by atoms with E-state index in [4.69, 9.17) is 11.6 Å². The van der Waals surface area contributed by atoms with Gasteiger partial charge in [0.2, 0.25) is 11.8 Å². The zero-order valence-electron chi connectivity index (χ0n) is 17.5. The summed E-state index contributed by atoms with van der Waals surface area (Å²) in [6.45, 7) is 8.89. The van der Waals surface area contributed by atoms with Gasteiger partial charge in [-0.1, -0.05) is 50.1 Å². The molecule has 3 aliphatic rings. The largest absolute Gasteiger partial charge is 0.350 e. The molecule has 4 rings (SSSR count). The van der Waals surface area contributed by atoms with Crippen molar-refractivity contribution in [1.29, 1.82) is 0 Å². The molecule has 2 amide bonds. The van der Waals surface area contributed by atoms with Crippen LogP contribution in [0.2, 0.25) is 5.02 Å². The second-order valence-electron chi connectivity index (χ2n) is 9.24. The molecule has 6 heteroatoms. The van der Waals surface area contributed by atoms with Crippen molar-refractivity contribution in [3.63, 3.8) is 0 Å². The lowest BCUT2D eigenvalue weighted by atomic mass is 9.75. The van der Waals surface area contributed by atoms with Gasteiger partial charge >= 0.3 is 0 Å². The maximum Gasteiger partial charge on any atom is 0.227 e. The maximum atomic E-state index is 12.8. The predicted octanol–water partition coefficient (Wildman–Crippen LogP) is 2.97. The van der Waals surface area contributed by atoms with Gasteiger partial charge in [-0.15, -0.1) is 0 Å². The fourth-order valence-electron chi connectivity index (χ4n) is 5.43. The van der Waals surface area contributed by atoms with E-state index in [0.717, 1.165) is 38.0 Å². The quantitative estimate of drug-likeness (QED) is 0.801. The second-order valence-corrected chi connectivity index (χ2v) is 9.65. The lowest BCUT2D eigenvalue weighted by Gasteiger charge is -2.43. The number of carbonyl (C=O) groups excluding carboxylic acids is 2. The number of nitrogens with one attached hydrogen (secondary N) is 1. The lowest BCUT2D eigenvalue weighted by molar-refractivity contribution is -0.132. The van der Waals surface area contributed by atoms with Crippen molar-refractivity contribution in [2.24, 2.45) is 17.8 Å². The Hall–Kier alpha value is -1.59. The van der Waals surface area contributed by atoms with Crippen LogP contribution in [0, 0.1) is 17.8 Å². The Morgan fingerprint density at radius 2 is 2.00 bits per heavy atom. The van der Waals surface area contributed by atoms with E-state index in [1.54, 1.807) is 0 Å².